The fourth-order valence-electron chi connectivity index (χ4n) is 3.43. The second kappa shape index (κ2) is 12.0. The molecule has 0 spiro atoms. The highest BCUT2D eigenvalue weighted by atomic mass is 35.5. The SMILES string of the molecule is Cc1ccc(CNC(=O)NC(CC(C)C)C(=O)NCC2(C)CCNCC2)cc1.Cl. The number of halogens is 1. The summed E-state index contributed by atoms with van der Waals surface area (Å²) in [6, 6.07) is 7.19. The number of benzene rings is 1. The van der Waals surface area contributed by atoms with Gasteiger partial charge in [-0.3, -0.25) is 4.79 Å². The molecule has 3 amide bonds. The first-order valence-electron chi connectivity index (χ1n) is 10.4. The van der Waals surface area contributed by atoms with E-state index in [9.17, 15) is 9.59 Å². The van der Waals surface area contributed by atoms with E-state index in [0.29, 0.717) is 25.4 Å². The maximum atomic E-state index is 12.7. The van der Waals surface area contributed by atoms with Crippen molar-refractivity contribution < 1.29 is 9.59 Å². The number of aryl methyl sites for hydroxylation is 1. The van der Waals surface area contributed by atoms with Crippen LogP contribution in [0.2, 0.25) is 0 Å². The third kappa shape index (κ3) is 9.05. The predicted octanol–water partition coefficient (Wildman–Crippen LogP) is 3.14. The van der Waals surface area contributed by atoms with Crippen molar-refractivity contribution in [3.8, 4) is 0 Å². The summed E-state index contributed by atoms with van der Waals surface area (Å²) >= 11 is 0. The molecule has 1 fully saturated rings. The lowest BCUT2D eigenvalue weighted by molar-refractivity contribution is -0.123. The van der Waals surface area contributed by atoms with E-state index >= 15 is 0 Å². The number of carbonyl (C=O) groups is 2. The highest BCUT2D eigenvalue weighted by molar-refractivity contribution is 5.87. The van der Waals surface area contributed by atoms with Crippen molar-refractivity contribution in [2.75, 3.05) is 19.6 Å². The molecule has 6 nitrogen and oxygen atoms in total. The van der Waals surface area contributed by atoms with Gasteiger partial charge in [0.15, 0.2) is 0 Å². The normalized spacial score (nSPS) is 16.4. The molecular weight excluding hydrogens is 388 g/mol. The van der Waals surface area contributed by atoms with Crippen molar-refractivity contribution in [3.63, 3.8) is 0 Å². The monoisotopic (exact) mass is 424 g/mol. The Labute approximate surface area is 181 Å². The lowest BCUT2D eigenvalue weighted by atomic mass is 9.81. The van der Waals surface area contributed by atoms with Crippen LogP contribution in [0.25, 0.3) is 0 Å². The van der Waals surface area contributed by atoms with Crippen molar-refractivity contribution in [2.45, 2.75) is 59.5 Å². The van der Waals surface area contributed by atoms with Crippen molar-refractivity contribution in [3.05, 3.63) is 35.4 Å². The molecule has 164 valence electrons. The number of carbonyl (C=O) groups excluding carboxylic acids is 2. The quantitative estimate of drug-likeness (QED) is 0.517. The van der Waals surface area contributed by atoms with E-state index < -0.39 is 6.04 Å². The maximum absolute atomic E-state index is 12.7. The minimum absolute atomic E-state index is 0. The molecule has 1 aromatic rings. The predicted molar refractivity (Wildman–Crippen MR) is 120 cm³/mol. The van der Waals surface area contributed by atoms with Crippen LogP contribution in [0.1, 0.15) is 51.2 Å². The number of urea groups is 1. The van der Waals surface area contributed by atoms with E-state index in [-0.39, 0.29) is 29.8 Å². The average molecular weight is 425 g/mol. The highest BCUT2D eigenvalue weighted by Crippen LogP contribution is 2.26. The van der Waals surface area contributed by atoms with Crippen LogP contribution < -0.4 is 21.3 Å². The summed E-state index contributed by atoms with van der Waals surface area (Å²) in [5.74, 6) is 0.210. The molecule has 4 N–H and O–H groups in total. The van der Waals surface area contributed by atoms with E-state index in [4.69, 9.17) is 0 Å². The zero-order chi connectivity index (χ0) is 20.6. The van der Waals surface area contributed by atoms with Gasteiger partial charge in [-0.15, -0.1) is 12.4 Å². The van der Waals surface area contributed by atoms with Gasteiger partial charge in [0.25, 0.3) is 0 Å². The van der Waals surface area contributed by atoms with Crippen LogP contribution >= 0.6 is 12.4 Å². The van der Waals surface area contributed by atoms with Gasteiger partial charge in [0.1, 0.15) is 6.04 Å². The summed E-state index contributed by atoms with van der Waals surface area (Å²) < 4.78 is 0. The number of hydrogen-bond donors (Lipinski definition) is 4. The number of nitrogens with one attached hydrogen (secondary N) is 4. The van der Waals surface area contributed by atoms with Gasteiger partial charge in [0.05, 0.1) is 0 Å². The molecule has 2 rings (SSSR count). The molecule has 1 aliphatic heterocycles. The summed E-state index contributed by atoms with van der Waals surface area (Å²) in [5.41, 5.74) is 2.34. The topological polar surface area (TPSA) is 82.3 Å². The largest absolute Gasteiger partial charge is 0.354 e. The second-order valence-electron chi connectivity index (χ2n) is 8.77. The maximum Gasteiger partial charge on any atom is 0.315 e. The zero-order valence-corrected chi connectivity index (χ0v) is 19.0. The van der Waals surface area contributed by atoms with Crippen molar-refractivity contribution in [2.24, 2.45) is 11.3 Å². The molecule has 0 aliphatic carbocycles. The van der Waals surface area contributed by atoms with Gasteiger partial charge in [-0.2, -0.15) is 0 Å². The summed E-state index contributed by atoms with van der Waals surface area (Å²) in [7, 11) is 0. The fourth-order valence-corrected chi connectivity index (χ4v) is 3.43. The number of hydrogen-bond acceptors (Lipinski definition) is 3. The molecule has 0 aromatic heterocycles. The molecule has 7 heteroatoms. The van der Waals surface area contributed by atoms with Crippen LogP contribution in [0.4, 0.5) is 4.79 Å². The smallest absolute Gasteiger partial charge is 0.315 e. The molecular formula is C22H37ClN4O2. The van der Waals surface area contributed by atoms with Crippen LogP contribution in [0, 0.1) is 18.3 Å². The number of amides is 3. The fraction of sp³-hybridized carbons (Fsp3) is 0.636. The van der Waals surface area contributed by atoms with E-state index in [1.807, 2.05) is 31.2 Å². The third-order valence-corrected chi connectivity index (χ3v) is 5.40. The molecule has 1 heterocycles. The van der Waals surface area contributed by atoms with Gasteiger partial charge in [-0.1, -0.05) is 50.6 Å². The second-order valence-corrected chi connectivity index (χ2v) is 8.77. The van der Waals surface area contributed by atoms with Gasteiger partial charge >= 0.3 is 6.03 Å². The minimum Gasteiger partial charge on any atom is -0.354 e. The average Bonchev–Trinajstić information content (AvgIpc) is 2.65. The first-order chi connectivity index (χ1) is 13.3. The highest BCUT2D eigenvalue weighted by Gasteiger charge is 2.29. The lowest BCUT2D eigenvalue weighted by Gasteiger charge is -2.34. The Hall–Kier alpha value is -1.79. The van der Waals surface area contributed by atoms with E-state index in [1.54, 1.807) is 0 Å². The Kier molecular flexibility index (Phi) is 10.5. The van der Waals surface area contributed by atoms with Crippen LogP contribution in [-0.4, -0.2) is 37.6 Å². The molecule has 1 aliphatic rings. The Balaban J connectivity index is 0.00000420. The van der Waals surface area contributed by atoms with Crippen LogP contribution in [0.15, 0.2) is 24.3 Å². The molecule has 1 aromatic carbocycles. The first kappa shape index (κ1) is 25.2. The summed E-state index contributed by atoms with van der Waals surface area (Å²) in [6.07, 6.45) is 2.71. The summed E-state index contributed by atoms with van der Waals surface area (Å²) in [4.78, 5) is 25.1. The Morgan fingerprint density at radius 1 is 1.10 bits per heavy atom. The summed E-state index contributed by atoms with van der Waals surface area (Å²) in [5, 5.41) is 12.1. The molecule has 0 saturated carbocycles. The van der Waals surface area contributed by atoms with Crippen LogP contribution in [0.5, 0.6) is 0 Å². The minimum atomic E-state index is -0.525. The summed E-state index contributed by atoms with van der Waals surface area (Å²) in [6.45, 7) is 11.4. The number of piperidine rings is 1. The van der Waals surface area contributed by atoms with Crippen molar-refractivity contribution >= 4 is 24.3 Å². The van der Waals surface area contributed by atoms with Crippen LogP contribution in [-0.2, 0) is 11.3 Å². The molecule has 29 heavy (non-hydrogen) atoms. The Morgan fingerprint density at radius 2 is 1.72 bits per heavy atom. The van der Waals surface area contributed by atoms with Crippen molar-refractivity contribution in [1.29, 1.82) is 0 Å². The molecule has 0 radical (unpaired) electrons. The molecule has 1 unspecified atom stereocenters. The first-order valence-corrected chi connectivity index (χ1v) is 10.4. The number of rotatable bonds is 8. The van der Waals surface area contributed by atoms with Gasteiger partial charge in [-0.05, 0) is 56.2 Å². The Morgan fingerprint density at radius 3 is 2.31 bits per heavy atom. The Bertz CT molecular complexity index is 643. The van der Waals surface area contributed by atoms with E-state index in [2.05, 4.69) is 42.0 Å². The molecule has 1 atom stereocenters. The van der Waals surface area contributed by atoms with Crippen molar-refractivity contribution in [1.82, 2.24) is 21.3 Å². The standard InChI is InChI=1S/C22H36N4O2.ClH/c1-16(2)13-19(20(27)25-15-22(4)9-11-23-12-10-22)26-21(28)24-14-18-7-5-17(3)6-8-18;/h5-8,16,19,23H,9-15H2,1-4H3,(H,25,27)(H2,24,26,28);1H. The van der Waals surface area contributed by atoms with Gasteiger partial charge in [0.2, 0.25) is 5.91 Å². The van der Waals surface area contributed by atoms with E-state index in [0.717, 1.165) is 31.5 Å². The van der Waals surface area contributed by atoms with Gasteiger partial charge in [-0.25, -0.2) is 4.79 Å². The van der Waals surface area contributed by atoms with Crippen LogP contribution in [0.3, 0.4) is 0 Å². The van der Waals surface area contributed by atoms with Gasteiger partial charge < -0.3 is 21.3 Å². The van der Waals surface area contributed by atoms with E-state index in [1.165, 1.54) is 5.56 Å². The molecule has 0 bridgehead atoms. The third-order valence-electron chi connectivity index (χ3n) is 5.40. The zero-order valence-electron chi connectivity index (χ0n) is 18.1. The molecule has 1 saturated heterocycles. The lowest BCUT2D eigenvalue weighted by Crippen LogP contribution is -2.52. The van der Waals surface area contributed by atoms with Gasteiger partial charge in [0, 0.05) is 13.1 Å².